The molecule has 1 atom stereocenters. The number of nitrogens with one attached hydrogen (secondary N) is 1. The minimum atomic E-state index is -0.821. The first-order chi connectivity index (χ1) is 11.5. The Kier molecular flexibility index (Phi) is 5.83. The summed E-state index contributed by atoms with van der Waals surface area (Å²) in [4.78, 5) is 12.9. The molecule has 1 aliphatic heterocycles. The van der Waals surface area contributed by atoms with E-state index in [0.717, 1.165) is 17.7 Å². The first kappa shape index (κ1) is 18.3. The van der Waals surface area contributed by atoms with E-state index < -0.39 is 10.8 Å². The summed E-state index contributed by atoms with van der Waals surface area (Å²) in [7, 11) is 0. The fraction of sp³-hybridized carbons (Fsp3) is 0.524. The Morgan fingerprint density at radius 2 is 2.00 bits per heavy atom. The summed E-state index contributed by atoms with van der Waals surface area (Å²) < 4.78 is 0. The Morgan fingerprint density at radius 3 is 2.71 bits per heavy atom. The van der Waals surface area contributed by atoms with Gasteiger partial charge in [-0.15, -0.1) is 0 Å². The van der Waals surface area contributed by atoms with Gasteiger partial charge in [0, 0.05) is 11.1 Å². The van der Waals surface area contributed by atoms with Gasteiger partial charge >= 0.3 is 0 Å². The number of hydrogen-bond donors (Lipinski definition) is 1. The van der Waals surface area contributed by atoms with Crippen LogP contribution in [0.25, 0.3) is 0 Å². The Labute approximate surface area is 145 Å². The number of rotatable bonds is 8. The SMILES string of the molecule is CCCCCC/C=C/C(C)(C)[C@@]1(CC#N)C(=O)Nc2ccccc21. The molecule has 1 aliphatic rings. The minimum absolute atomic E-state index is 0.0640. The number of hydrogen-bond acceptors (Lipinski definition) is 2. The molecular weight excluding hydrogens is 296 g/mol. The molecule has 0 aliphatic carbocycles. The van der Waals surface area contributed by atoms with E-state index in [1.165, 1.54) is 25.7 Å². The van der Waals surface area contributed by atoms with E-state index in [4.69, 9.17) is 0 Å². The molecule has 0 spiro atoms. The highest BCUT2D eigenvalue weighted by atomic mass is 16.2. The van der Waals surface area contributed by atoms with Gasteiger partial charge in [-0.1, -0.05) is 70.4 Å². The van der Waals surface area contributed by atoms with Gasteiger partial charge in [-0.3, -0.25) is 4.79 Å². The number of benzene rings is 1. The van der Waals surface area contributed by atoms with Crippen molar-refractivity contribution in [1.82, 2.24) is 0 Å². The maximum absolute atomic E-state index is 12.9. The molecule has 1 amide bonds. The normalized spacial score (nSPS) is 20.0. The van der Waals surface area contributed by atoms with E-state index in [2.05, 4.69) is 44.3 Å². The van der Waals surface area contributed by atoms with Gasteiger partial charge in [0.25, 0.3) is 0 Å². The van der Waals surface area contributed by atoms with Gasteiger partial charge in [0.1, 0.15) is 0 Å². The van der Waals surface area contributed by atoms with Crippen LogP contribution in [0.1, 0.15) is 64.9 Å². The highest BCUT2D eigenvalue weighted by Crippen LogP contribution is 2.52. The number of anilines is 1. The summed E-state index contributed by atoms with van der Waals surface area (Å²) in [5, 5.41) is 12.4. The largest absolute Gasteiger partial charge is 0.325 e. The number of amides is 1. The van der Waals surface area contributed by atoms with Crippen LogP contribution in [0.2, 0.25) is 0 Å². The van der Waals surface area contributed by atoms with Gasteiger partial charge < -0.3 is 5.32 Å². The topological polar surface area (TPSA) is 52.9 Å². The second-order valence-corrected chi connectivity index (χ2v) is 7.21. The van der Waals surface area contributed by atoms with Crippen molar-refractivity contribution in [2.75, 3.05) is 5.32 Å². The van der Waals surface area contributed by atoms with Crippen LogP contribution >= 0.6 is 0 Å². The first-order valence-corrected chi connectivity index (χ1v) is 8.95. The molecule has 0 saturated carbocycles. The Morgan fingerprint density at radius 1 is 1.25 bits per heavy atom. The molecule has 0 saturated heterocycles. The van der Waals surface area contributed by atoms with Crippen molar-refractivity contribution in [3.63, 3.8) is 0 Å². The third-order valence-corrected chi connectivity index (χ3v) is 5.23. The van der Waals surface area contributed by atoms with Crippen LogP contribution in [-0.4, -0.2) is 5.91 Å². The molecule has 1 heterocycles. The smallest absolute Gasteiger partial charge is 0.237 e. The molecule has 0 fully saturated rings. The van der Waals surface area contributed by atoms with Crippen LogP contribution in [0.3, 0.4) is 0 Å². The number of nitriles is 1. The number of nitrogens with zero attached hydrogens (tertiary/aromatic N) is 1. The molecule has 0 bridgehead atoms. The summed E-state index contributed by atoms with van der Waals surface area (Å²) in [6, 6.07) is 9.99. The molecule has 128 valence electrons. The molecule has 1 aromatic carbocycles. The molecule has 3 heteroatoms. The van der Waals surface area contributed by atoms with Crippen LogP contribution < -0.4 is 5.32 Å². The average molecular weight is 324 g/mol. The lowest BCUT2D eigenvalue weighted by Gasteiger charge is -2.39. The van der Waals surface area contributed by atoms with Gasteiger partial charge in [-0.05, 0) is 24.5 Å². The van der Waals surface area contributed by atoms with Gasteiger partial charge in [0.15, 0.2) is 0 Å². The van der Waals surface area contributed by atoms with Crippen molar-refractivity contribution >= 4 is 11.6 Å². The quantitative estimate of drug-likeness (QED) is 0.518. The number of unbranched alkanes of at least 4 members (excludes halogenated alkanes) is 4. The zero-order chi connectivity index (χ0) is 17.6. The number of para-hydroxylation sites is 1. The number of allylic oxidation sites excluding steroid dienone is 2. The summed E-state index contributed by atoms with van der Waals surface area (Å²) in [6.07, 6.45) is 10.4. The number of fused-ring (bicyclic) bond motifs is 1. The van der Waals surface area contributed by atoms with Crippen LogP contribution in [0.4, 0.5) is 5.69 Å². The molecule has 0 aromatic heterocycles. The summed E-state index contributed by atoms with van der Waals surface area (Å²) in [6.45, 7) is 6.34. The summed E-state index contributed by atoms with van der Waals surface area (Å²) in [5.74, 6) is -0.0640. The highest BCUT2D eigenvalue weighted by Gasteiger charge is 2.55. The molecule has 0 radical (unpaired) electrons. The van der Waals surface area contributed by atoms with Crippen molar-refractivity contribution in [3.05, 3.63) is 42.0 Å². The van der Waals surface area contributed by atoms with Crippen molar-refractivity contribution < 1.29 is 4.79 Å². The van der Waals surface area contributed by atoms with E-state index in [-0.39, 0.29) is 12.3 Å². The molecular formula is C21H28N2O. The second kappa shape index (κ2) is 7.66. The minimum Gasteiger partial charge on any atom is -0.325 e. The highest BCUT2D eigenvalue weighted by molar-refractivity contribution is 6.07. The standard InChI is InChI=1S/C21H28N2O/c1-4-5-6-7-8-11-14-20(2,3)21(15-16-22)17-12-9-10-13-18(17)23-19(21)24/h9-14H,4-8,15H2,1-3H3,(H,23,24)/b14-11+/t21-/m1/s1. The third-order valence-electron chi connectivity index (χ3n) is 5.23. The summed E-state index contributed by atoms with van der Waals surface area (Å²) >= 11 is 0. The Bertz CT molecular complexity index is 654. The van der Waals surface area contributed by atoms with Gasteiger partial charge in [-0.25, -0.2) is 0 Å². The molecule has 2 rings (SSSR count). The van der Waals surface area contributed by atoms with Crippen molar-refractivity contribution in [2.24, 2.45) is 5.41 Å². The van der Waals surface area contributed by atoms with Crippen LogP contribution in [-0.2, 0) is 10.2 Å². The molecule has 1 N–H and O–H groups in total. The van der Waals surface area contributed by atoms with E-state index in [0.29, 0.717) is 0 Å². The average Bonchev–Trinajstić information content (AvgIpc) is 2.85. The maximum Gasteiger partial charge on any atom is 0.237 e. The lowest BCUT2D eigenvalue weighted by molar-refractivity contribution is -0.123. The third kappa shape index (κ3) is 3.24. The van der Waals surface area contributed by atoms with E-state index in [1.807, 2.05) is 24.3 Å². The zero-order valence-electron chi connectivity index (χ0n) is 15.1. The predicted octanol–water partition coefficient (Wildman–Crippen LogP) is 5.34. The number of carbonyl (C=O) groups excluding carboxylic acids is 1. The van der Waals surface area contributed by atoms with Gasteiger partial charge in [0.05, 0.1) is 17.9 Å². The van der Waals surface area contributed by atoms with Gasteiger partial charge in [0.2, 0.25) is 5.91 Å². The molecule has 0 unspecified atom stereocenters. The lowest BCUT2D eigenvalue weighted by atomic mass is 9.60. The first-order valence-electron chi connectivity index (χ1n) is 8.95. The van der Waals surface area contributed by atoms with E-state index in [1.54, 1.807) is 0 Å². The van der Waals surface area contributed by atoms with E-state index >= 15 is 0 Å². The molecule has 24 heavy (non-hydrogen) atoms. The van der Waals surface area contributed by atoms with Crippen LogP contribution in [0.5, 0.6) is 0 Å². The maximum atomic E-state index is 12.9. The molecule has 1 aromatic rings. The monoisotopic (exact) mass is 324 g/mol. The van der Waals surface area contributed by atoms with Crippen molar-refractivity contribution in [2.45, 2.75) is 64.7 Å². The summed E-state index contributed by atoms with van der Waals surface area (Å²) in [5.41, 5.74) is 0.530. The fourth-order valence-corrected chi connectivity index (χ4v) is 3.69. The van der Waals surface area contributed by atoms with E-state index in [9.17, 15) is 10.1 Å². The fourth-order valence-electron chi connectivity index (χ4n) is 3.69. The van der Waals surface area contributed by atoms with Crippen LogP contribution in [0.15, 0.2) is 36.4 Å². The second-order valence-electron chi connectivity index (χ2n) is 7.21. The van der Waals surface area contributed by atoms with Crippen molar-refractivity contribution in [3.8, 4) is 6.07 Å². The Hall–Kier alpha value is -2.08. The van der Waals surface area contributed by atoms with Gasteiger partial charge in [-0.2, -0.15) is 5.26 Å². The molecule has 3 nitrogen and oxygen atoms in total. The Balaban J connectivity index is 2.28. The lowest BCUT2D eigenvalue weighted by Crippen LogP contribution is -2.46. The van der Waals surface area contributed by atoms with Crippen molar-refractivity contribution in [1.29, 1.82) is 5.26 Å². The zero-order valence-corrected chi connectivity index (χ0v) is 15.1. The predicted molar refractivity (Wildman–Crippen MR) is 98.7 cm³/mol. The number of carbonyl (C=O) groups is 1. The van der Waals surface area contributed by atoms with Crippen LogP contribution in [0, 0.1) is 16.7 Å².